The monoisotopic (exact) mass is 211 g/mol. The Kier molecular flexibility index (Phi) is 3.01. The zero-order valence-electron chi connectivity index (χ0n) is 7.66. The number of nitrogens with zero attached hydrogens (tertiary/aromatic N) is 1. The summed E-state index contributed by atoms with van der Waals surface area (Å²) in [4.78, 5) is 20.2. The van der Waals surface area contributed by atoms with Crippen LogP contribution in [0.5, 0.6) is 0 Å². The number of benzene rings is 1. The minimum atomic E-state index is -2.47. The molecule has 1 atom stereocenters. The fraction of sp³-hybridized carbons (Fsp3) is 0.222. The van der Waals surface area contributed by atoms with Gasteiger partial charge in [0, 0.05) is 10.5 Å². The van der Waals surface area contributed by atoms with Crippen LogP contribution in [-0.2, 0) is 10.4 Å². The molecule has 0 saturated heterocycles. The number of carboxylic acid groups (broad SMARTS) is 1. The number of hydrogen-bond acceptors (Lipinski definition) is 4. The Balaban J connectivity index is 3.13. The van der Waals surface area contributed by atoms with Gasteiger partial charge in [-0.05, 0) is 0 Å². The summed E-state index contributed by atoms with van der Waals surface area (Å²) in [5.41, 5.74) is -2.47. The third-order valence-electron chi connectivity index (χ3n) is 1.96. The molecule has 0 aliphatic rings. The standard InChI is InChI=1S/C9H9NO5/c11-8(12)9(13,6-10(14)15)7-4-2-1-3-5-7/h1-5,13H,6H2,(H,11,12)/t9-/m1/s1. The fourth-order valence-electron chi connectivity index (χ4n) is 1.18. The molecule has 0 aliphatic carbocycles. The largest absolute Gasteiger partial charge is 0.479 e. The summed E-state index contributed by atoms with van der Waals surface area (Å²) >= 11 is 0. The summed E-state index contributed by atoms with van der Waals surface area (Å²) < 4.78 is 0. The molecular formula is C9H9NO5. The highest BCUT2D eigenvalue weighted by Crippen LogP contribution is 2.21. The van der Waals surface area contributed by atoms with Crippen molar-refractivity contribution in [1.29, 1.82) is 0 Å². The lowest BCUT2D eigenvalue weighted by molar-refractivity contribution is -0.499. The number of rotatable bonds is 4. The Hall–Kier alpha value is -1.95. The summed E-state index contributed by atoms with van der Waals surface area (Å²) in [5.74, 6) is -1.63. The molecule has 1 rings (SSSR count). The van der Waals surface area contributed by atoms with E-state index in [9.17, 15) is 20.0 Å². The lowest BCUT2D eigenvalue weighted by Gasteiger charge is -2.18. The zero-order chi connectivity index (χ0) is 11.5. The molecule has 0 spiro atoms. The molecule has 0 unspecified atom stereocenters. The smallest absolute Gasteiger partial charge is 0.347 e. The van der Waals surface area contributed by atoms with E-state index in [1.165, 1.54) is 24.3 Å². The topological polar surface area (TPSA) is 101 Å². The number of aliphatic carboxylic acids is 1. The fourth-order valence-corrected chi connectivity index (χ4v) is 1.18. The van der Waals surface area contributed by atoms with Crippen molar-refractivity contribution in [1.82, 2.24) is 0 Å². The highest BCUT2D eigenvalue weighted by atomic mass is 16.6. The average molecular weight is 211 g/mol. The van der Waals surface area contributed by atoms with Crippen molar-refractivity contribution < 1.29 is 19.9 Å². The SMILES string of the molecule is O=C(O)[C@@](O)(C[N+](=O)[O-])c1ccccc1. The maximum Gasteiger partial charge on any atom is 0.347 e. The van der Waals surface area contributed by atoms with Crippen LogP contribution >= 0.6 is 0 Å². The predicted molar refractivity (Wildman–Crippen MR) is 49.8 cm³/mol. The van der Waals surface area contributed by atoms with Gasteiger partial charge in [0.25, 0.3) is 5.60 Å². The van der Waals surface area contributed by atoms with E-state index in [0.717, 1.165) is 0 Å². The van der Waals surface area contributed by atoms with Gasteiger partial charge in [0.15, 0.2) is 0 Å². The zero-order valence-corrected chi connectivity index (χ0v) is 7.66. The molecule has 0 bridgehead atoms. The third-order valence-corrected chi connectivity index (χ3v) is 1.96. The van der Waals surface area contributed by atoms with Crippen LogP contribution in [0.2, 0.25) is 0 Å². The molecule has 0 aliphatic heterocycles. The molecule has 0 fully saturated rings. The number of carboxylic acids is 1. The molecule has 0 radical (unpaired) electrons. The van der Waals surface area contributed by atoms with Crippen molar-refractivity contribution in [2.75, 3.05) is 6.54 Å². The van der Waals surface area contributed by atoms with Gasteiger partial charge in [0.2, 0.25) is 6.54 Å². The van der Waals surface area contributed by atoms with Crippen LogP contribution in [-0.4, -0.2) is 27.7 Å². The molecule has 0 heterocycles. The average Bonchev–Trinajstić information content (AvgIpc) is 2.17. The van der Waals surface area contributed by atoms with Crippen LogP contribution in [0.15, 0.2) is 30.3 Å². The predicted octanol–water partition coefficient (Wildman–Crippen LogP) is 0.236. The second-order valence-electron chi connectivity index (χ2n) is 3.02. The molecule has 0 saturated carbocycles. The molecule has 0 amide bonds. The van der Waals surface area contributed by atoms with Crippen molar-refractivity contribution in [2.24, 2.45) is 0 Å². The Labute approximate surface area is 84.9 Å². The normalized spacial score (nSPS) is 14.2. The molecule has 15 heavy (non-hydrogen) atoms. The number of carbonyl (C=O) groups is 1. The Morgan fingerprint density at radius 2 is 1.93 bits per heavy atom. The van der Waals surface area contributed by atoms with Gasteiger partial charge in [-0.3, -0.25) is 10.1 Å². The highest BCUT2D eigenvalue weighted by Gasteiger charge is 2.43. The van der Waals surface area contributed by atoms with Gasteiger partial charge in [-0.15, -0.1) is 0 Å². The van der Waals surface area contributed by atoms with Crippen LogP contribution in [0.3, 0.4) is 0 Å². The molecule has 1 aromatic carbocycles. The van der Waals surface area contributed by atoms with Crippen LogP contribution in [0.4, 0.5) is 0 Å². The van der Waals surface area contributed by atoms with E-state index in [2.05, 4.69) is 0 Å². The Bertz CT molecular complexity index is 377. The minimum Gasteiger partial charge on any atom is -0.479 e. The maximum atomic E-state index is 10.8. The van der Waals surface area contributed by atoms with Crippen molar-refractivity contribution in [3.8, 4) is 0 Å². The van der Waals surface area contributed by atoms with Crippen LogP contribution in [0.25, 0.3) is 0 Å². The first-order valence-electron chi connectivity index (χ1n) is 4.10. The summed E-state index contributed by atoms with van der Waals surface area (Å²) in [6.45, 7) is -1.06. The molecular weight excluding hydrogens is 202 g/mol. The molecule has 0 aromatic heterocycles. The number of hydrogen-bond donors (Lipinski definition) is 2. The molecule has 6 heteroatoms. The van der Waals surface area contributed by atoms with Gasteiger partial charge < -0.3 is 10.2 Å². The maximum absolute atomic E-state index is 10.8. The molecule has 80 valence electrons. The second-order valence-corrected chi connectivity index (χ2v) is 3.02. The van der Waals surface area contributed by atoms with Crippen molar-refractivity contribution in [3.05, 3.63) is 46.0 Å². The number of aliphatic hydroxyl groups is 1. The van der Waals surface area contributed by atoms with Gasteiger partial charge >= 0.3 is 5.97 Å². The van der Waals surface area contributed by atoms with E-state index < -0.39 is 23.0 Å². The second kappa shape index (κ2) is 4.05. The Morgan fingerprint density at radius 1 is 1.40 bits per heavy atom. The number of nitro groups is 1. The van der Waals surface area contributed by atoms with Crippen molar-refractivity contribution in [2.45, 2.75) is 5.60 Å². The summed E-state index contributed by atoms with van der Waals surface area (Å²) in [6.07, 6.45) is 0. The molecule has 1 aromatic rings. The van der Waals surface area contributed by atoms with Crippen molar-refractivity contribution >= 4 is 5.97 Å². The first-order valence-corrected chi connectivity index (χ1v) is 4.10. The van der Waals surface area contributed by atoms with E-state index in [1.54, 1.807) is 6.07 Å². The lowest BCUT2D eigenvalue weighted by atomic mass is 9.94. The van der Waals surface area contributed by atoms with Gasteiger partial charge in [-0.25, -0.2) is 4.79 Å². The first-order chi connectivity index (χ1) is 6.97. The molecule has 6 nitrogen and oxygen atoms in total. The summed E-state index contributed by atoms with van der Waals surface area (Å²) in [5, 5.41) is 28.7. The third kappa shape index (κ3) is 2.29. The van der Waals surface area contributed by atoms with E-state index in [1.807, 2.05) is 0 Å². The van der Waals surface area contributed by atoms with Crippen LogP contribution in [0, 0.1) is 10.1 Å². The van der Waals surface area contributed by atoms with Gasteiger partial charge in [-0.1, -0.05) is 30.3 Å². The summed E-state index contributed by atoms with van der Waals surface area (Å²) in [6, 6.07) is 7.29. The summed E-state index contributed by atoms with van der Waals surface area (Å²) in [7, 11) is 0. The van der Waals surface area contributed by atoms with E-state index in [4.69, 9.17) is 5.11 Å². The van der Waals surface area contributed by atoms with E-state index in [-0.39, 0.29) is 5.56 Å². The van der Waals surface area contributed by atoms with Gasteiger partial charge in [0.05, 0.1) is 0 Å². The molecule has 2 N–H and O–H groups in total. The van der Waals surface area contributed by atoms with Gasteiger partial charge in [0.1, 0.15) is 0 Å². The van der Waals surface area contributed by atoms with Crippen molar-refractivity contribution in [3.63, 3.8) is 0 Å². The lowest BCUT2D eigenvalue weighted by Crippen LogP contribution is -2.42. The van der Waals surface area contributed by atoms with Gasteiger partial charge in [-0.2, -0.15) is 0 Å². The van der Waals surface area contributed by atoms with E-state index in [0.29, 0.717) is 0 Å². The Morgan fingerprint density at radius 3 is 2.33 bits per heavy atom. The quantitative estimate of drug-likeness (QED) is 0.548. The van der Waals surface area contributed by atoms with E-state index >= 15 is 0 Å². The van der Waals surface area contributed by atoms with Crippen LogP contribution < -0.4 is 0 Å². The van der Waals surface area contributed by atoms with Crippen LogP contribution in [0.1, 0.15) is 5.56 Å². The highest BCUT2D eigenvalue weighted by molar-refractivity contribution is 5.79. The first kappa shape index (κ1) is 11.1. The minimum absolute atomic E-state index is 0.00537.